The molecule has 0 fully saturated rings. The highest BCUT2D eigenvalue weighted by Crippen LogP contribution is 2.27. The summed E-state index contributed by atoms with van der Waals surface area (Å²) in [6.45, 7) is 6.09. The molecule has 3 rings (SSSR count). The number of rotatable bonds is 3. The van der Waals surface area contributed by atoms with Gasteiger partial charge in [0.25, 0.3) is 0 Å². The lowest BCUT2D eigenvalue weighted by Gasteiger charge is -2.12. The molecule has 0 aliphatic heterocycles. The van der Waals surface area contributed by atoms with Crippen LogP contribution < -0.4 is 0 Å². The van der Waals surface area contributed by atoms with E-state index in [2.05, 4.69) is 12.1 Å². The number of aliphatic imine (C=N–C) groups is 1. The molecule has 0 aromatic heterocycles. The number of aryl methyl sites for hydroxylation is 3. The lowest BCUT2D eigenvalue weighted by Crippen LogP contribution is -2.04. The lowest BCUT2D eigenvalue weighted by molar-refractivity contribution is 0.627. The number of hydrogen-bond donors (Lipinski definition) is 0. The number of halogens is 2. The second-order valence-corrected chi connectivity index (χ2v) is 6.22. The molecule has 0 aliphatic carbocycles. The van der Waals surface area contributed by atoms with Crippen LogP contribution in [0, 0.1) is 32.4 Å². The Morgan fingerprint density at radius 3 is 1.48 bits per heavy atom. The molecule has 0 amide bonds. The Bertz CT molecular complexity index is 853. The van der Waals surface area contributed by atoms with Gasteiger partial charge in [0, 0.05) is 11.1 Å². The number of nitrogens with zero attached hydrogens (tertiary/aromatic N) is 1. The lowest BCUT2D eigenvalue weighted by atomic mass is 10.0. The monoisotopic (exact) mass is 335 g/mol. The van der Waals surface area contributed by atoms with Crippen molar-refractivity contribution in [1.82, 2.24) is 0 Å². The van der Waals surface area contributed by atoms with Crippen molar-refractivity contribution in [1.29, 1.82) is 0 Å². The molecule has 0 bridgehead atoms. The smallest absolute Gasteiger partial charge is 0.123 e. The molecule has 3 aromatic rings. The zero-order valence-corrected chi connectivity index (χ0v) is 14.5. The molecule has 3 aromatic carbocycles. The van der Waals surface area contributed by atoms with E-state index in [-0.39, 0.29) is 11.6 Å². The van der Waals surface area contributed by atoms with Crippen LogP contribution in [0.3, 0.4) is 0 Å². The Morgan fingerprint density at radius 2 is 1.08 bits per heavy atom. The van der Waals surface area contributed by atoms with Crippen molar-refractivity contribution in [2.45, 2.75) is 20.8 Å². The summed E-state index contributed by atoms with van der Waals surface area (Å²) in [7, 11) is 0. The first-order chi connectivity index (χ1) is 11.9. The summed E-state index contributed by atoms with van der Waals surface area (Å²) >= 11 is 0. The van der Waals surface area contributed by atoms with Gasteiger partial charge in [0.2, 0.25) is 0 Å². The third kappa shape index (κ3) is 3.82. The molecule has 0 atom stereocenters. The van der Waals surface area contributed by atoms with Crippen molar-refractivity contribution in [2.75, 3.05) is 0 Å². The molecule has 0 saturated heterocycles. The third-order valence-electron chi connectivity index (χ3n) is 4.09. The van der Waals surface area contributed by atoms with Gasteiger partial charge in [-0.15, -0.1) is 0 Å². The summed E-state index contributed by atoms with van der Waals surface area (Å²) in [5.41, 5.74) is 6.46. The van der Waals surface area contributed by atoms with Crippen LogP contribution >= 0.6 is 0 Å². The Morgan fingerprint density at radius 1 is 0.680 bits per heavy atom. The van der Waals surface area contributed by atoms with Crippen LogP contribution in [-0.4, -0.2) is 5.71 Å². The van der Waals surface area contributed by atoms with E-state index < -0.39 is 0 Å². The fourth-order valence-corrected chi connectivity index (χ4v) is 2.97. The average Bonchev–Trinajstić information content (AvgIpc) is 2.56. The second-order valence-electron chi connectivity index (χ2n) is 6.22. The van der Waals surface area contributed by atoms with E-state index in [0.29, 0.717) is 5.71 Å². The Labute approximate surface area is 146 Å². The van der Waals surface area contributed by atoms with Crippen molar-refractivity contribution in [3.63, 3.8) is 0 Å². The average molecular weight is 335 g/mol. The summed E-state index contributed by atoms with van der Waals surface area (Å²) < 4.78 is 26.6. The summed E-state index contributed by atoms with van der Waals surface area (Å²) in [5, 5.41) is 0. The normalized spacial score (nSPS) is 10.6. The van der Waals surface area contributed by atoms with Gasteiger partial charge in [0.05, 0.1) is 11.4 Å². The molecule has 0 saturated carbocycles. The quantitative estimate of drug-likeness (QED) is 0.516. The van der Waals surface area contributed by atoms with Gasteiger partial charge < -0.3 is 0 Å². The molecule has 0 N–H and O–H groups in total. The fourth-order valence-electron chi connectivity index (χ4n) is 2.97. The molecular formula is C22H19F2N. The molecule has 25 heavy (non-hydrogen) atoms. The molecule has 1 nitrogen and oxygen atoms in total. The van der Waals surface area contributed by atoms with Crippen molar-refractivity contribution in [2.24, 2.45) is 4.99 Å². The van der Waals surface area contributed by atoms with E-state index >= 15 is 0 Å². The Balaban J connectivity index is 2.21. The minimum atomic E-state index is -0.301. The molecule has 0 unspecified atom stereocenters. The van der Waals surface area contributed by atoms with Gasteiger partial charge in [-0.1, -0.05) is 17.7 Å². The molecule has 0 radical (unpaired) electrons. The predicted molar refractivity (Wildman–Crippen MR) is 98.8 cm³/mol. The standard InChI is InChI=1S/C22H19F2N/c1-14-12-15(2)21(16(3)13-14)25-22(17-4-8-19(23)9-5-17)18-6-10-20(24)11-7-18/h4-13H,1-3H3. The van der Waals surface area contributed by atoms with E-state index in [4.69, 9.17) is 4.99 Å². The minimum absolute atomic E-state index is 0.301. The summed E-state index contributed by atoms with van der Waals surface area (Å²) in [5.74, 6) is -0.602. The zero-order valence-electron chi connectivity index (χ0n) is 14.5. The van der Waals surface area contributed by atoms with E-state index in [1.807, 2.05) is 20.8 Å². The van der Waals surface area contributed by atoms with Crippen LogP contribution in [-0.2, 0) is 0 Å². The van der Waals surface area contributed by atoms with Crippen LogP contribution in [0.5, 0.6) is 0 Å². The summed E-state index contributed by atoms with van der Waals surface area (Å²) in [6.07, 6.45) is 0. The minimum Gasteiger partial charge on any atom is -0.247 e. The second kappa shape index (κ2) is 6.98. The van der Waals surface area contributed by atoms with Gasteiger partial charge >= 0.3 is 0 Å². The third-order valence-corrected chi connectivity index (χ3v) is 4.09. The van der Waals surface area contributed by atoms with Gasteiger partial charge in [0.15, 0.2) is 0 Å². The van der Waals surface area contributed by atoms with Crippen LogP contribution in [0.4, 0.5) is 14.5 Å². The fraction of sp³-hybridized carbons (Fsp3) is 0.136. The van der Waals surface area contributed by atoms with E-state index in [9.17, 15) is 8.78 Å². The van der Waals surface area contributed by atoms with Crippen molar-refractivity contribution < 1.29 is 8.78 Å². The van der Waals surface area contributed by atoms with Crippen LogP contribution in [0.25, 0.3) is 0 Å². The van der Waals surface area contributed by atoms with Gasteiger partial charge in [-0.2, -0.15) is 0 Å². The number of benzene rings is 3. The molecule has 0 aliphatic rings. The largest absolute Gasteiger partial charge is 0.247 e. The van der Waals surface area contributed by atoms with E-state index in [0.717, 1.165) is 27.9 Å². The van der Waals surface area contributed by atoms with Gasteiger partial charge in [-0.05, 0) is 80.4 Å². The van der Waals surface area contributed by atoms with Crippen molar-refractivity contribution in [3.05, 3.63) is 100 Å². The van der Waals surface area contributed by atoms with E-state index in [1.165, 1.54) is 29.8 Å². The maximum absolute atomic E-state index is 13.3. The highest BCUT2D eigenvalue weighted by Gasteiger charge is 2.11. The Kier molecular flexibility index (Phi) is 4.75. The van der Waals surface area contributed by atoms with Crippen molar-refractivity contribution in [3.8, 4) is 0 Å². The predicted octanol–water partition coefficient (Wildman–Crippen LogP) is 6.06. The van der Waals surface area contributed by atoms with Crippen LogP contribution in [0.1, 0.15) is 27.8 Å². The first-order valence-electron chi connectivity index (χ1n) is 8.12. The van der Waals surface area contributed by atoms with Crippen molar-refractivity contribution >= 4 is 11.4 Å². The van der Waals surface area contributed by atoms with Gasteiger partial charge in [-0.25, -0.2) is 13.8 Å². The first-order valence-corrected chi connectivity index (χ1v) is 8.12. The van der Waals surface area contributed by atoms with Crippen LogP contribution in [0.2, 0.25) is 0 Å². The molecule has 126 valence electrons. The molecule has 0 spiro atoms. The number of hydrogen-bond acceptors (Lipinski definition) is 1. The van der Waals surface area contributed by atoms with E-state index in [1.54, 1.807) is 24.3 Å². The summed E-state index contributed by atoms with van der Waals surface area (Å²) in [4.78, 5) is 4.87. The highest BCUT2D eigenvalue weighted by molar-refractivity contribution is 6.14. The topological polar surface area (TPSA) is 12.4 Å². The SMILES string of the molecule is Cc1cc(C)c(N=C(c2ccc(F)cc2)c2ccc(F)cc2)c(C)c1. The van der Waals surface area contributed by atoms with Crippen LogP contribution in [0.15, 0.2) is 65.7 Å². The first kappa shape index (κ1) is 17.0. The molecule has 3 heteroatoms. The molecular weight excluding hydrogens is 316 g/mol. The maximum atomic E-state index is 13.3. The summed E-state index contributed by atoms with van der Waals surface area (Å²) in [6, 6.07) is 16.6. The maximum Gasteiger partial charge on any atom is 0.123 e. The highest BCUT2D eigenvalue weighted by atomic mass is 19.1. The van der Waals surface area contributed by atoms with Gasteiger partial charge in [0.1, 0.15) is 11.6 Å². The zero-order chi connectivity index (χ0) is 18.0. The van der Waals surface area contributed by atoms with Gasteiger partial charge in [-0.3, -0.25) is 0 Å². The molecule has 0 heterocycles. The Hall–Kier alpha value is -2.81.